The molecule has 0 saturated heterocycles. The first-order chi connectivity index (χ1) is 9.63. The Morgan fingerprint density at radius 3 is 2.65 bits per heavy atom. The summed E-state index contributed by atoms with van der Waals surface area (Å²) >= 11 is 5.95. The molecule has 0 fully saturated rings. The Bertz CT molecular complexity index is 577. The van der Waals surface area contributed by atoms with E-state index in [1.165, 1.54) is 0 Å². The SMILES string of the molecule is CCC(C(C)C)n1c(CCCl)nc2c(OC)cccc21. The summed E-state index contributed by atoms with van der Waals surface area (Å²) in [5.41, 5.74) is 2.08. The van der Waals surface area contributed by atoms with Gasteiger partial charge < -0.3 is 9.30 Å². The maximum Gasteiger partial charge on any atom is 0.146 e. The Hall–Kier alpha value is -1.22. The summed E-state index contributed by atoms with van der Waals surface area (Å²) in [5, 5.41) is 0. The Kier molecular flexibility index (Phi) is 4.92. The molecule has 1 atom stereocenters. The van der Waals surface area contributed by atoms with Gasteiger partial charge in [-0.25, -0.2) is 4.98 Å². The van der Waals surface area contributed by atoms with Crippen LogP contribution >= 0.6 is 11.6 Å². The fourth-order valence-corrected chi connectivity index (χ4v) is 3.06. The Morgan fingerprint density at radius 2 is 2.10 bits per heavy atom. The number of alkyl halides is 1. The van der Waals surface area contributed by atoms with Crippen molar-refractivity contribution in [3.63, 3.8) is 0 Å². The lowest BCUT2D eigenvalue weighted by Crippen LogP contribution is -2.17. The standard InChI is InChI=1S/C16H23ClN2O/c1-5-12(11(2)3)19-13-7-6-8-14(20-4)16(13)18-15(19)9-10-17/h6-8,11-12H,5,9-10H2,1-4H3. The van der Waals surface area contributed by atoms with Gasteiger partial charge in [0.1, 0.15) is 17.1 Å². The Balaban J connectivity index is 2.68. The zero-order valence-corrected chi connectivity index (χ0v) is 13.4. The Morgan fingerprint density at radius 1 is 1.35 bits per heavy atom. The fourth-order valence-electron chi connectivity index (χ4n) is 2.89. The van der Waals surface area contributed by atoms with E-state index in [9.17, 15) is 0 Å². The molecule has 0 amide bonds. The van der Waals surface area contributed by atoms with Gasteiger partial charge in [-0.2, -0.15) is 0 Å². The van der Waals surface area contributed by atoms with Crippen molar-refractivity contribution >= 4 is 22.6 Å². The third kappa shape index (κ3) is 2.64. The largest absolute Gasteiger partial charge is 0.494 e. The van der Waals surface area contributed by atoms with E-state index >= 15 is 0 Å². The second-order valence-electron chi connectivity index (χ2n) is 5.38. The summed E-state index contributed by atoms with van der Waals surface area (Å²) in [6.45, 7) is 6.73. The van der Waals surface area contributed by atoms with Gasteiger partial charge in [0.15, 0.2) is 0 Å². The fraction of sp³-hybridized carbons (Fsp3) is 0.562. The van der Waals surface area contributed by atoms with E-state index in [0.717, 1.165) is 35.4 Å². The van der Waals surface area contributed by atoms with Crippen molar-refractivity contribution in [2.24, 2.45) is 5.92 Å². The van der Waals surface area contributed by atoms with Crippen LogP contribution in [0.15, 0.2) is 18.2 Å². The van der Waals surface area contributed by atoms with Crippen molar-refractivity contribution in [1.29, 1.82) is 0 Å². The molecule has 0 saturated carbocycles. The van der Waals surface area contributed by atoms with E-state index in [0.29, 0.717) is 17.8 Å². The molecule has 110 valence electrons. The molecule has 3 nitrogen and oxygen atoms in total. The number of hydrogen-bond acceptors (Lipinski definition) is 2. The molecule has 0 bridgehead atoms. The number of fused-ring (bicyclic) bond motifs is 1. The number of hydrogen-bond donors (Lipinski definition) is 0. The highest BCUT2D eigenvalue weighted by Gasteiger charge is 2.21. The van der Waals surface area contributed by atoms with E-state index < -0.39 is 0 Å². The molecule has 4 heteroatoms. The molecule has 1 aromatic heterocycles. The van der Waals surface area contributed by atoms with Crippen molar-refractivity contribution in [2.75, 3.05) is 13.0 Å². The number of benzene rings is 1. The zero-order chi connectivity index (χ0) is 14.7. The summed E-state index contributed by atoms with van der Waals surface area (Å²) in [6.07, 6.45) is 1.86. The normalized spacial score (nSPS) is 13.1. The number of nitrogens with zero attached hydrogens (tertiary/aromatic N) is 2. The highest BCUT2D eigenvalue weighted by molar-refractivity contribution is 6.17. The van der Waals surface area contributed by atoms with Gasteiger partial charge in [0.2, 0.25) is 0 Å². The number of aryl methyl sites for hydroxylation is 1. The Labute approximate surface area is 125 Å². The highest BCUT2D eigenvalue weighted by atomic mass is 35.5. The number of aromatic nitrogens is 2. The molecule has 2 aromatic rings. The summed E-state index contributed by atoms with van der Waals surface area (Å²) in [7, 11) is 1.69. The van der Waals surface area contributed by atoms with E-state index in [-0.39, 0.29) is 0 Å². The molecule has 2 rings (SSSR count). The van der Waals surface area contributed by atoms with Crippen molar-refractivity contribution in [3.05, 3.63) is 24.0 Å². The molecule has 1 aromatic carbocycles. The molecule has 0 spiro atoms. The smallest absolute Gasteiger partial charge is 0.146 e. The average molecular weight is 295 g/mol. The number of imidazole rings is 1. The first-order valence-corrected chi connectivity index (χ1v) is 7.77. The average Bonchev–Trinajstić information content (AvgIpc) is 2.78. The van der Waals surface area contributed by atoms with Crippen LogP contribution in [0, 0.1) is 5.92 Å². The zero-order valence-electron chi connectivity index (χ0n) is 12.7. The number of rotatable bonds is 6. The maximum absolute atomic E-state index is 5.95. The molecular formula is C16H23ClN2O. The monoisotopic (exact) mass is 294 g/mol. The van der Waals surface area contributed by atoms with Crippen LogP contribution in [0.25, 0.3) is 11.0 Å². The van der Waals surface area contributed by atoms with E-state index in [1.807, 2.05) is 12.1 Å². The third-order valence-corrected chi connectivity index (χ3v) is 4.00. The first-order valence-electron chi connectivity index (χ1n) is 7.23. The highest BCUT2D eigenvalue weighted by Crippen LogP contribution is 2.32. The molecule has 0 aliphatic carbocycles. The van der Waals surface area contributed by atoms with Crippen LogP contribution in [0.5, 0.6) is 5.75 Å². The number of halogens is 1. The molecule has 0 radical (unpaired) electrons. The predicted octanol–water partition coefficient (Wildman–Crippen LogP) is 4.43. The minimum Gasteiger partial charge on any atom is -0.494 e. The summed E-state index contributed by atoms with van der Waals surface area (Å²) in [5.74, 6) is 3.02. The minimum absolute atomic E-state index is 0.435. The molecule has 0 aliphatic rings. The molecular weight excluding hydrogens is 272 g/mol. The third-order valence-electron chi connectivity index (χ3n) is 3.81. The van der Waals surface area contributed by atoms with Crippen molar-refractivity contribution < 1.29 is 4.74 Å². The van der Waals surface area contributed by atoms with Gasteiger partial charge in [0.25, 0.3) is 0 Å². The lowest BCUT2D eigenvalue weighted by molar-refractivity contribution is 0.365. The quantitative estimate of drug-likeness (QED) is 0.737. The van der Waals surface area contributed by atoms with E-state index in [1.54, 1.807) is 7.11 Å². The summed E-state index contributed by atoms with van der Waals surface area (Å²) in [6, 6.07) is 6.54. The van der Waals surface area contributed by atoms with E-state index in [2.05, 4.69) is 31.4 Å². The molecule has 1 unspecified atom stereocenters. The lowest BCUT2D eigenvalue weighted by Gasteiger charge is -2.24. The van der Waals surface area contributed by atoms with Crippen LogP contribution in [0.3, 0.4) is 0 Å². The molecule has 1 heterocycles. The van der Waals surface area contributed by atoms with Crippen molar-refractivity contribution in [1.82, 2.24) is 9.55 Å². The second-order valence-corrected chi connectivity index (χ2v) is 5.76. The van der Waals surface area contributed by atoms with Crippen LogP contribution in [0.1, 0.15) is 39.1 Å². The van der Waals surface area contributed by atoms with Gasteiger partial charge in [-0.3, -0.25) is 0 Å². The second kappa shape index (κ2) is 6.49. The molecule has 0 N–H and O–H groups in total. The predicted molar refractivity (Wildman–Crippen MR) is 84.9 cm³/mol. The minimum atomic E-state index is 0.435. The van der Waals surface area contributed by atoms with E-state index in [4.69, 9.17) is 21.3 Å². The van der Waals surface area contributed by atoms with Crippen LogP contribution in [0.4, 0.5) is 0 Å². The topological polar surface area (TPSA) is 27.1 Å². The summed E-state index contributed by atoms with van der Waals surface area (Å²) in [4.78, 5) is 4.78. The van der Waals surface area contributed by atoms with Crippen molar-refractivity contribution in [3.8, 4) is 5.75 Å². The van der Waals surface area contributed by atoms with Crippen LogP contribution in [-0.4, -0.2) is 22.5 Å². The molecule has 0 aliphatic heterocycles. The van der Waals surface area contributed by atoms with Gasteiger partial charge in [0.05, 0.1) is 12.6 Å². The number of methoxy groups -OCH3 is 1. The van der Waals surface area contributed by atoms with Gasteiger partial charge in [-0.15, -0.1) is 11.6 Å². The number of ether oxygens (including phenoxy) is 1. The van der Waals surface area contributed by atoms with Crippen LogP contribution in [-0.2, 0) is 6.42 Å². The molecule has 20 heavy (non-hydrogen) atoms. The number of para-hydroxylation sites is 1. The first kappa shape index (κ1) is 15.2. The van der Waals surface area contributed by atoms with Gasteiger partial charge in [-0.1, -0.05) is 26.8 Å². The van der Waals surface area contributed by atoms with Crippen LogP contribution < -0.4 is 4.74 Å². The van der Waals surface area contributed by atoms with Crippen molar-refractivity contribution in [2.45, 2.75) is 39.7 Å². The van der Waals surface area contributed by atoms with Gasteiger partial charge >= 0.3 is 0 Å². The maximum atomic E-state index is 5.95. The van der Waals surface area contributed by atoms with Gasteiger partial charge in [-0.05, 0) is 24.5 Å². The van der Waals surface area contributed by atoms with Crippen LogP contribution in [0.2, 0.25) is 0 Å². The lowest BCUT2D eigenvalue weighted by atomic mass is 10.0. The van der Waals surface area contributed by atoms with Gasteiger partial charge in [0, 0.05) is 18.3 Å². The summed E-state index contributed by atoms with van der Waals surface area (Å²) < 4.78 is 7.79.